The lowest BCUT2D eigenvalue weighted by molar-refractivity contribution is -0.136. The van der Waals surface area contributed by atoms with Gasteiger partial charge in [0, 0.05) is 12.6 Å². The second-order valence-electron chi connectivity index (χ2n) is 3.71. The van der Waals surface area contributed by atoms with Crippen molar-refractivity contribution < 1.29 is 24.9 Å². The Morgan fingerprint density at radius 3 is 2.58 bits per heavy atom. The van der Waals surface area contributed by atoms with Crippen LogP contribution in [0.4, 0.5) is 0 Å². The highest BCUT2D eigenvalue weighted by atomic mass is 16.4. The van der Waals surface area contributed by atoms with Crippen LogP contribution in [0.25, 0.3) is 6.08 Å². The first-order valence-corrected chi connectivity index (χ1v) is 5.50. The molecule has 1 aromatic carbocycles. The molecule has 4 N–H and O–H groups in total. The number of benzene rings is 1. The van der Waals surface area contributed by atoms with Crippen molar-refractivity contribution in [2.24, 2.45) is 0 Å². The normalized spacial score (nSPS) is 10.5. The van der Waals surface area contributed by atoms with Gasteiger partial charge in [-0.05, 0) is 30.2 Å². The molecule has 1 aromatic rings. The zero-order chi connectivity index (χ0) is 14.3. The topological polar surface area (TPSA) is 107 Å². The van der Waals surface area contributed by atoms with Gasteiger partial charge in [-0.3, -0.25) is 9.59 Å². The van der Waals surface area contributed by atoms with Crippen molar-refractivity contribution in [1.82, 2.24) is 5.32 Å². The number of rotatable bonds is 6. The van der Waals surface area contributed by atoms with Crippen LogP contribution < -0.4 is 5.32 Å². The molecule has 6 nitrogen and oxygen atoms in total. The summed E-state index contributed by atoms with van der Waals surface area (Å²) >= 11 is 0. The largest absolute Gasteiger partial charge is 0.504 e. The maximum absolute atomic E-state index is 11.3. The first kappa shape index (κ1) is 14.6. The minimum Gasteiger partial charge on any atom is -0.504 e. The SMILES string of the molecule is O=C(O)C[CH]CNC(=O)C=Cc1ccc(O)c(O)c1. The molecule has 0 heterocycles. The van der Waals surface area contributed by atoms with E-state index in [2.05, 4.69) is 5.32 Å². The van der Waals surface area contributed by atoms with Crippen LogP contribution in [-0.2, 0) is 9.59 Å². The fourth-order valence-corrected chi connectivity index (χ4v) is 1.24. The number of carboxylic acids is 1. The van der Waals surface area contributed by atoms with Crippen molar-refractivity contribution in [2.75, 3.05) is 6.54 Å². The van der Waals surface area contributed by atoms with Crippen LogP contribution >= 0.6 is 0 Å². The van der Waals surface area contributed by atoms with Crippen molar-refractivity contribution in [3.63, 3.8) is 0 Å². The lowest BCUT2D eigenvalue weighted by Gasteiger charge is -2.00. The number of hydrogen-bond donors (Lipinski definition) is 4. The molecule has 0 saturated carbocycles. The predicted octanol–water partition coefficient (Wildman–Crippen LogP) is 0.906. The maximum atomic E-state index is 11.3. The summed E-state index contributed by atoms with van der Waals surface area (Å²) < 4.78 is 0. The van der Waals surface area contributed by atoms with Gasteiger partial charge in [0.25, 0.3) is 0 Å². The number of carbonyl (C=O) groups excluding carboxylic acids is 1. The molecule has 0 aliphatic heterocycles. The van der Waals surface area contributed by atoms with Gasteiger partial charge >= 0.3 is 5.97 Å². The Morgan fingerprint density at radius 1 is 1.21 bits per heavy atom. The molecule has 1 amide bonds. The summed E-state index contributed by atoms with van der Waals surface area (Å²) in [5.74, 6) is -1.83. The molecule has 1 radical (unpaired) electrons. The van der Waals surface area contributed by atoms with E-state index in [1.54, 1.807) is 0 Å². The fraction of sp³-hybridized carbons (Fsp3) is 0.154. The molecule has 0 bridgehead atoms. The number of carboxylic acid groups (broad SMARTS) is 1. The highest BCUT2D eigenvalue weighted by Crippen LogP contribution is 2.25. The van der Waals surface area contributed by atoms with Crippen LogP contribution in [0.5, 0.6) is 11.5 Å². The molecule has 1 rings (SSSR count). The molecule has 0 aliphatic rings. The summed E-state index contributed by atoms with van der Waals surface area (Å²) in [4.78, 5) is 21.5. The zero-order valence-electron chi connectivity index (χ0n) is 10.0. The standard InChI is InChI=1S/C13H14NO5/c15-10-5-3-9(8-11(10)16)4-6-12(17)14-7-1-2-13(18)19/h1,3-6,8,15-16H,2,7H2,(H,14,17)(H,18,19). The maximum Gasteiger partial charge on any atom is 0.303 e. The van der Waals surface area contributed by atoms with Gasteiger partial charge in [-0.1, -0.05) is 6.07 Å². The highest BCUT2D eigenvalue weighted by Gasteiger charge is 2.00. The van der Waals surface area contributed by atoms with Crippen molar-refractivity contribution in [3.8, 4) is 11.5 Å². The van der Waals surface area contributed by atoms with Crippen LogP contribution in [0.3, 0.4) is 0 Å². The van der Waals surface area contributed by atoms with Gasteiger partial charge in [0.15, 0.2) is 11.5 Å². The molecule has 0 aliphatic carbocycles. The van der Waals surface area contributed by atoms with Crippen molar-refractivity contribution in [3.05, 3.63) is 36.3 Å². The van der Waals surface area contributed by atoms with E-state index >= 15 is 0 Å². The van der Waals surface area contributed by atoms with Gasteiger partial charge in [-0.2, -0.15) is 0 Å². The first-order chi connectivity index (χ1) is 8.99. The van der Waals surface area contributed by atoms with Gasteiger partial charge < -0.3 is 20.6 Å². The lowest BCUT2D eigenvalue weighted by Crippen LogP contribution is -2.22. The Morgan fingerprint density at radius 2 is 1.95 bits per heavy atom. The number of phenolic OH excluding ortho intramolecular Hbond substituents is 2. The number of aromatic hydroxyl groups is 2. The Bertz CT molecular complexity index is 496. The van der Waals surface area contributed by atoms with E-state index in [9.17, 15) is 14.7 Å². The third kappa shape index (κ3) is 5.58. The Labute approximate surface area is 110 Å². The Balaban J connectivity index is 2.40. The predicted molar refractivity (Wildman–Crippen MR) is 68.4 cm³/mol. The third-order valence-corrected chi connectivity index (χ3v) is 2.17. The molecule has 0 fully saturated rings. The number of nitrogens with one attached hydrogen (secondary N) is 1. The molecular weight excluding hydrogens is 250 g/mol. The van der Waals surface area contributed by atoms with Crippen LogP contribution in [0.15, 0.2) is 24.3 Å². The summed E-state index contributed by atoms with van der Waals surface area (Å²) in [6, 6.07) is 4.17. The Hall–Kier alpha value is -2.50. The van der Waals surface area contributed by atoms with Crippen LogP contribution in [-0.4, -0.2) is 33.7 Å². The van der Waals surface area contributed by atoms with E-state index in [1.165, 1.54) is 36.8 Å². The van der Waals surface area contributed by atoms with Crippen LogP contribution in [0.2, 0.25) is 0 Å². The molecule has 0 aromatic heterocycles. The van der Waals surface area contributed by atoms with Crippen LogP contribution in [0.1, 0.15) is 12.0 Å². The van der Waals surface area contributed by atoms with E-state index in [-0.39, 0.29) is 30.4 Å². The van der Waals surface area contributed by atoms with Gasteiger partial charge in [-0.15, -0.1) is 0 Å². The highest BCUT2D eigenvalue weighted by molar-refractivity contribution is 5.91. The van der Waals surface area contributed by atoms with Gasteiger partial charge in [0.1, 0.15) is 0 Å². The molecule has 0 unspecified atom stereocenters. The summed E-state index contributed by atoms with van der Waals surface area (Å²) in [5.41, 5.74) is 0.556. The number of amides is 1. The number of aliphatic carboxylic acids is 1. The number of carbonyl (C=O) groups is 2. The Kier molecular flexibility index (Phi) is 5.40. The minimum absolute atomic E-state index is 0.115. The second-order valence-corrected chi connectivity index (χ2v) is 3.71. The van der Waals surface area contributed by atoms with Crippen molar-refractivity contribution >= 4 is 18.0 Å². The molecular formula is C13H14NO5. The smallest absolute Gasteiger partial charge is 0.303 e. The minimum atomic E-state index is -0.954. The average Bonchev–Trinajstić information content (AvgIpc) is 2.36. The zero-order valence-corrected chi connectivity index (χ0v) is 10.0. The third-order valence-electron chi connectivity index (χ3n) is 2.17. The molecule has 101 valence electrons. The van der Waals surface area contributed by atoms with E-state index in [1.807, 2.05) is 0 Å². The molecule has 0 spiro atoms. The summed E-state index contributed by atoms with van der Waals surface area (Å²) in [5, 5.41) is 29.2. The average molecular weight is 264 g/mol. The van der Waals surface area contributed by atoms with Crippen molar-refractivity contribution in [2.45, 2.75) is 6.42 Å². The number of phenols is 2. The molecule has 0 saturated heterocycles. The molecule has 19 heavy (non-hydrogen) atoms. The lowest BCUT2D eigenvalue weighted by atomic mass is 10.2. The first-order valence-electron chi connectivity index (χ1n) is 5.50. The van der Waals surface area contributed by atoms with Gasteiger partial charge in [0.2, 0.25) is 5.91 Å². The molecule has 6 heteroatoms. The fourth-order valence-electron chi connectivity index (χ4n) is 1.24. The summed E-state index contributed by atoms with van der Waals surface area (Å²) in [6.45, 7) is 0.163. The van der Waals surface area contributed by atoms with Gasteiger partial charge in [-0.25, -0.2) is 0 Å². The molecule has 0 atom stereocenters. The second kappa shape index (κ2) is 7.05. The van der Waals surface area contributed by atoms with Gasteiger partial charge in [0.05, 0.1) is 6.42 Å². The van der Waals surface area contributed by atoms with E-state index < -0.39 is 5.97 Å². The monoisotopic (exact) mass is 264 g/mol. The summed E-state index contributed by atoms with van der Waals surface area (Å²) in [6.07, 6.45) is 4.03. The van der Waals surface area contributed by atoms with Crippen LogP contribution in [0, 0.1) is 6.42 Å². The quantitative estimate of drug-likeness (QED) is 0.347. The van der Waals surface area contributed by atoms with Crippen molar-refractivity contribution in [1.29, 1.82) is 0 Å². The van der Waals surface area contributed by atoms with E-state index in [0.29, 0.717) is 5.56 Å². The van der Waals surface area contributed by atoms with E-state index in [0.717, 1.165) is 0 Å². The van der Waals surface area contributed by atoms with E-state index in [4.69, 9.17) is 10.2 Å². The number of hydrogen-bond acceptors (Lipinski definition) is 4. The summed E-state index contributed by atoms with van der Waals surface area (Å²) in [7, 11) is 0.